The van der Waals surface area contributed by atoms with E-state index >= 15 is 0 Å². The zero-order chi connectivity index (χ0) is 14.8. The van der Waals surface area contributed by atoms with E-state index in [2.05, 4.69) is 18.7 Å². The molecule has 6 heteroatoms. The monoisotopic (exact) mass is 295 g/mol. The number of rotatable bonds is 3. The summed E-state index contributed by atoms with van der Waals surface area (Å²) in [6.07, 6.45) is 1.15. The number of thioether (sulfide) groups is 1. The third-order valence-corrected chi connectivity index (χ3v) is 5.00. The van der Waals surface area contributed by atoms with Gasteiger partial charge in [-0.15, -0.1) is 0 Å². The predicted molar refractivity (Wildman–Crippen MR) is 83.9 cm³/mol. The fourth-order valence-corrected chi connectivity index (χ4v) is 3.48. The summed E-state index contributed by atoms with van der Waals surface area (Å²) < 4.78 is 0.337. The van der Waals surface area contributed by atoms with Gasteiger partial charge in [-0.1, -0.05) is 19.9 Å². The molecule has 1 heterocycles. The van der Waals surface area contributed by atoms with Crippen LogP contribution in [-0.4, -0.2) is 33.4 Å². The molecular weight excluding hydrogens is 274 g/mol. The van der Waals surface area contributed by atoms with Crippen LogP contribution in [0.3, 0.4) is 0 Å². The van der Waals surface area contributed by atoms with Crippen LogP contribution in [0.25, 0.3) is 0 Å². The van der Waals surface area contributed by atoms with Gasteiger partial charge in [-0.2, -0.15) is 11.8 Å². The van der Waals surface area contributed by atoms with Gasteiger partial charge in [0.05, 0.1) is 4.92 Å². The number of nitrogen functional groups attached to an aromatic ring is 1. The van der Waals surface area contributed by atoms with Crippen LogP contribution >= 0.6 is 11.8 Å². The van der Waals surface area contributed by atoms with Crippen molar-refractivity contribution in [2.75, 3.05) is 24.6 Å². The Bertz CT molecular complexity index is 505. The third kappa shape index (κ3) is 3.86. The summed E-state index contributed by atoms with van der Waals surface area (Å²) in [6.45, 7) is 7.47. The lowest BCUT2D eigenvalue weighted by Gasteiger charge is -2.22. The number of nitrogens with two attached hydrogens (primary N) is 1. The van der Waals surface area contributed by atoms with Crippen LogP contribution in [0, 0.1) is 10.1 Å². The van der Waals surface area contributed by atoms with Crippen molar-refractivity contribution in [2.45, 2.75) is 31.6 Å². The van der Waals surface area contributed by atoms with Gasteiger partial charge >= 0.3 is 0 Å². The molecule has 1 aliphatic heterocycles. The summed E-state index contributed by atoms with van der Waals surface area (Å²) in [7, 11) is 0. The van der Waals surface area contributed by atoms with Gasteiger partial charge in [0, 0.05) is 29.7 Å². The van der Waals surface area contributed by atoms with Gasteiger partial charge in [0.25, 0.3) is 5.69 Å². The Balaban J connectivity index is 2.03. The first-order valence-electron chi connectivity index (χ1n) is 6.76. The van der Waals surface area contributed by atoms with E-state index in [4.69, 9.17) is 5.73 Å². The maximum Gasteiger partial charge on any atom is 0.292 e. The minimum Gasteiger partial charge on any atom is -0.393 e. The molecule has 2 rings (SSSR count). The van der Waals surface area contributed by atoms with Crippen LogP contribution < -0.4 is 5.73 Å². The molecule has 0 radical (unpaired) electrons. The zero-order valence-corrected chi connectivity index (χ0v) is 12.8. The molecule has 1 aromatic rings. The normalized spacial score (nSPS) is 19.5. The first-order chi connectivity index (χ1) is 9.37. The van der Waals surface area contributed by atoms with Crippen molar-refractivity contribution in [2.24, 2.45) is 0 Å². The number of nitrogens with zero attached hydrogens (tertiary/aromatic N) is 2. The molecule has 20 heavy (non-hydrogen) atoms. The summed E-state index contributed by atoms with van der Waals surface area (Å²) >= 11 is 2.01. The molecule has 1 saturated heterocycles. The summed E-state index contributed by atoms with van der Waals surface area (Å²) in [6, 6.07) is 5.03. The number of nitro benzene ring substituents is 1. The molecule has 1 aliphatic rings. The predicted octanol–water partition coefficient (Wildman–Crippen LogP) is 2.89. The molecule has 5 nitrogen and oxygen atoms in total. The van der Waals surface area contributed by atoms with Gasteiger partial charge in [0.2, 0.25) is 0 Å². The Morgan fingerprint density at radius 1 is 1.45 bits per heavy atom. The standard InChI is InChI=1S/C14H21N3O2S/c1-14(2)5-6-16(7-8-20-14)10-11-3-4-13(17(18)19)12(15)9-11/h3-4,9H,5-8,10,15H2,1-2H3. The van der Waals surface area contributed by atoms with E-state index in [1.165, 1.54) is 6.07 Å². The van der Waals surface area contributed by atoms with Crippen LogP contribution in [0.5, 0.6) is 0 Å². The first-order valence-corrected chi connectivity index (χ1v) is 7.75. The lowest BCUT2D eigenvalue weighted by Crippen LogP contribution is -2.26. The molecule has 2 N–H and O–H groups in total. The molecule has 0 aromatic heterocycles. The van der Waals surface area contributed by atoms with Crippen molar-refractivity contribution < 1.29 is 4.92 Å². The van der Waals surface area contributed by atoms with Crippen molar-refractivity contribution in [3.05, 3.63) is 33.9 Å². The number of anilines is 1. The lowest BCUT2D eigenvalue weighted by molar-refractivity contribution is -0.383. The second-order valence-electron chi connectivity index (χ2n) is 5.78. The third-order valence-electron chi connectivity index (χ3n) is 3.63. The Morgan fingerprint density at radius 3 is 2.85 bits per heavy atom. The van der Waals surface area contributed by atoms with E-state index in [0.717, 1.165) is 37.4 Å². The van der Waals surface area contributed by atoms with Crippen molar-refractivity contribution in [1.82, 2.24) is 4.90 Å². The average Bonchev–Trinajstić information content (AvgIpc) is 2.51. The van der Waals surface area contributed by atoms with E-state index < -0.39 is 4.92 Å². The summed E-state index contributed by atoms with van der Waals surface area (Å²) in [4.78, 5) is 12.7. The SMILES string of the molecule is CC1(C)CCN(Cc2ccc([N+](=O)[O-])c(N)c2)CCS1. The Labute approximate surface area is 123 Å². The fraction of sp³-hybridized carbons (Fsp3) is 0.571. The van der Waals surface area contributed by atoms with E-state index in [-0.39, 0.29) is 11.4 Å². The molecule has 0 aliphatic carbocycles. The van der Waals surface area contributed by atoms with Crippen molar-refractivity contribution in [3.8, 4) is 0 Å². The summed E-state index contributed by atoms with van der Waals surface area (Å²) in [5.74, 6) is 1.12. The maximum absolute atomic E-state index is 10.8. The van der Waals surface area contributed by atoms with E-state index in [1.54, 1.807) is 12.1 Å². The van der Waals surface area contributed by atoms with Gasteiger partial charge < -0.3 is 5.73 Å². The fourth-order valence-electron chi connectivity index (χ4n) is 2.35. The molecule has 1 aromatic carbocycles. The highest BCUT2D eigenvalue weighted by molar-refractivity contribution is 8.00. The molecule has 0 amide bonds. The van der Waals surface area contributed by atoms with E-state index in [9.17, 15) is 10.1 Å². The van der Waals surface area contributed by atoms with Gasteiger partial charge in [0.15, 0.2) is 0 Å². The molecule has 0 atom stereocenters. The maximum atomic E-state index is 10.8. The highest BCUT2D eigenvalue weighted by Crippen LogP contribution is 2.31. The highest BCUT2D eigenvalue weighted by atomic mass is 32.2. The van der Waals surface area contributed by atoms with Crippen molar-refractivity contribution in [1.29, 1.82) is 0 Å². The highest BCUT2D eigenvalue weighted by Gasteiger charge is 2.23. The number of hydrogen-bond donors (Lipinski definition) is 1. The van der Waals surface area contributed by atoms with Gasteiger partial charge in [0.1, 0.15) is 5.69 Å². The second-order valence-corrected chi connectivity index (χ2v) is 7.59. The van der Waals surface area contributed by atoms with Crippen molar-refractivity contribution in [3.63, 3.8) is 0 Å². The number of nitro groups is 1. The largest absolute Gasteiger partial charge is 0.393 e. The van der Waals surface area contributed by atoms with Gasteiger partial charge in [-0.3, -0.25) is 15.0 Å². The summed E-state index contributed by atoms with van der Waals surface area (Å²) in [5.41, 5.74) is 7.01. The minimum absolute atomic E-state index is 0.0127. The van der Waals surface area contributed by atoms with Crippen molar-refractivity contribution >= 4 is 23.1 Å². The van der Waals surface area contributed by atoms with Crippen LogP contribution in [0.4, 0.5) is 11.4 Å². The van der Waals surface area contributed by atoms with Gasteiger partial charge in [-0.05, 0) is 24.6 Å². The van der Waals surface area contributed by atoms with Crippen LogP contribution in [-0.2, 0) is 6.54 Å². The lowest BCUT2D eigenvalue weighted by atomic mass is 10.1. The smallest absolute Gasteiger partial charge is 0.292 e. The Kier molecular flexibility index (Phi) is 4.55. The number of hydrogen-bond acceptors (Lipinski definition) is 5. The van der Waals surface area contributed by atoms with Crippen LogP contribution in [0.1, 0.15) is 25.8 Å². The molecule has 110 valence electrons. The molecule has 1 fully saturated rings. The summed E-state index contributed by atoms with van der Waals surface area (Å²) in [5, 5.41) is 10.8. The first kappa shape index (κ1) is 15.1. The van der Waals surface area contributed by atoms with Crippen LogP contribution in [0.15, 0.2) is 18.2 Å². The number of benzene rings is 1. The molecule has 0 spiro atoms. The topological polar surface area (TPSA) is 72.4 Å². The molecule has 0 unspecified atom stereocenters. The molecular formula is C14H21N3O2S. The van der Waals surface area contributed by atoms with E-state index in [1.807, 2.05) is 11.8 Å². The van der Waals surface area contributed by atoms with Crippen LogP contribution in [0.2, 0.25) is 0 Å². The second kappa shape index (κ2) is 6.01. The minimum atomic E-state index is -0.440. The van der Waals surface area contributed by atoms with Gasteiger partial charge in [-0.25, -0.2) is 0 Å². The quantitative estimate of drug-likeness (QED) is 0.527. The van der Waals surface area contributed by atoms with E-state index in [0.29, 0.717) is 4.75 Å². The zero-order valence-electron chi connectivity index (χ0n) is 12.0. The average molecular weight is 295 g/mol. The molecule has 0 bridgehead atoms. The Morgan fingerprint density at radius 2 is 2.20 bits per heavy atom. The molecule has 0 saturated carbocycles. The Hall–Kier alpha value is -1.27.